The molecule has 2 nitrogen and oxygen atoms in total. The molecule has 0 aliphatic carbocycles. The van der Waals surface area contributed by atoms with E-state index in [9.17, 15) is 0 Å². The minimum atomic E-state index is -0.622. The number of hydrogen-bond donors (Lipinski definition) is 2. The molecular weight excluding hydrogens is 126 g/mol. The first kappa shape index (κ1) is 9.66. The molecule has 0 aliphatic heterocycles. The molecule has 0 aliphatic rings. The van der Waals surface area contributed by atoms with Gasteiger partial charge < -0.3 is 10.8 Å². The summed E-state index contributed by atoms with van der Waals surface area (Å²) < 4.78 is 0. The van der Waals surface area contributed by atoms with Gasteiger partial charge in [-0.25, -0.2) is 0 Å². The third-order valence-corrected chi connectivity index (χ3v) is 1.41. The van der Waals surface area contributed by atoms with Crippen molar-refractivity contribution in [3.8, 4) is 0 Å². The summed E-state index contributed by atoms with van der Waals surface area (Å²) >= 11 is 0. The van der Waals surface area contributed by atoms with Crippen LogP contribution < -0.4 is 5.73 Å². The van der Waals surface area contributed by atoms with Crippen LogP contribution >= 0.6 is 0 Å². The minimum absolute atomic E-state index is 0.622. The first-order valence-corrected chi connectivity index (χ1v) is 3.82. The van der Waals surface area contributed by atoms with Gasteiger partial charge in [-0.2, -0.15) is 0 Å². The van der Waals surface area contributed by atoms with Crippen molar-refractivity contribution in [2.24, 2.45) is 5.73 Å². The van der Waals surface area contributed by atoms with Gasteiger partial charge >= 0.3 is 0 Å². The average molecular weight is 143 g/mol. The van der Waals surface area contributed by atoms with Crippen LogP contribution in [0.15, 0.2) is 12.7 Å². The van der Waals surface area contributed by atoms with E-state index in [-0.39, 0.29) is 0 Å². The molecule has 0 radical (unpaired) electrons. The molecule has 10 heavy (non-hydrogen) atoms. The molecule has 0 aromatic heterocycles. The van der Waals surface area contributed by atoms with Crippen molar-refractivity contribution in [2.45, 2.75) is 38.3 Å². The van der Waals surface area contributed by atoms with Crippen molar-refractivity contribution in [2.75, 3.05) is 0 Å². The maximum absolute atomic E-state index is 8.67. The predicted octanol–water partition coefficient (Wildman–Crippen LogP) is 1.40. The van der Waals surface area contributed by atoms with E-state index >= 15 is 0 Å². The van der Waals surface area contributed by atoms with Crippen LogP contribution in [0.4, 0.5) is 0 Å². The summed E-state index contributed by atoms with van der Waals surface area (Å²) in [6.45, 7) is 3.62. The molecule has 0 bridgehead atoms. The Bertz CT molecular complexity index is 81.3. The highest BCUT2D eigenvalue weighted by Gasteiger charge is 1.93. The van der Waals surface area contributed by atoms with E-state index in [1.54, 1.807) is 0 Å². The monoisotopic (exact) mass is 143 g/mol. The van der Waals surface area contributed by atoms with Gasteiger partial charge in [0.1, 0.15) is 6.23 Å². The van der Waals surface area contributed by atoms with Gasteiger partial charge in [0, 0.05) is 0 Å². The molecule has 2 heteroatoms. The van der Waals surface area contributed by atoms with Crippen molar-refractivity contribution >= 4 is 0 Å². The van der Waals surface area contributed by atoms with E-state index < -0.39 is 6.23 Å². The van der Waals surface area contributed by atoms with Crippen LogP contribution in [0.25, 0.3) is 0 Å². The molecule has 0 fully saturated rings. The highest BCUT2D eigenvalue weighted by molar-refractivity contribution is 4.65. The first-order chi connectivity index (χ1) is 4.77. The van der Waals surface area contributed by atoms with Crippen molar-refractivity contribution in [1.82, 2.24) is 0 Å². The second-order valence-electron chi connectivity index (χ2n) is 2.49. The standard InChI is InChI=1S/C8H17NO/c1-2-3-4-5-6-7-8(9)10/h2,8,10H,1,3-7,9H2. The molecule has 0 amide bonds. The number of hydrogen-bond acceptors (Lipinski definition) is 2. The van der Waals surface area contributed by atoms with Gasteiger partial charge in [-0.3, -0.25) is 0 Å². The lowest BCUT2D eigenvalue weighted by Crippen LogP contribution is -2.17. The summed E-state index contributed by atoms with van der Waals surface area (Å²) in [6, 6.07) is 0. The fraction of sp³-hybridized carbons (Fsp3) is 0.750. The maximum atomic E-state index is 8.67. The lowest BCUT2D eigenvalue weighted by Gasteiger charge is -2.01. The smallest absolute Gasteiger partial charge is 0.102 e. The van der Waals surface area contributed by atoms with Crippen LogP contribution in [0.5, 0.6) is 0 Å². The second-order valence-corrected chi connectivity index (χ2v) is 2.49. The van der Waals surface area contributed by atoms with Gasteiger partial charge in [-0.1, -0.05) is 12.5 Å². The quantitative estimate of drug-likeness (QED) is 0.335. The molecule has 60 valence electrons. The van der Waals surface area contributed by atoms with Crippen LogP contribution in [-0.2, 0) is 0 Å². The Morgan fingerprint density at radius 3 is 2.60 bits per heavy atom. The number of allylic oxidation sites excluding steroid dienone is 1. The summed E-state index contributed by atoms with van der Waals surface area (Å²) in [5.74, 6) is 0. The number of nitrogens with two attached hydrogens (primary N) is 1. The molecule has 0 rings (SSSR count). The number of rotatable bonds is 6. The molecule has 0 saturated heterocycles. The largest absolute Gasteiger partial charge is 0.379 e. The Morgan fingerprint density at radius 2 is 2.10 bits per heavy atom. The number of aliphatic hydroxyl groups is 1. The lowest BCUT2D eigenvalue weighted by atomic mass is 10.1. The Kier molecular flexibility index (Phi) is 6.55. The van der Waals surface area contributed by atoms with Crippen LogP contribution in [0.2, 0.25) is 0 Å². The molecule has 0 saturated carbocycles. The number of unbranched alkanes of at least 4 members (excludes halogenated alkanes) is 3. The van der Waals surface area contributed by atoms with Gasteiger partial charge in [0.25, 0.3) is 0 Å². The van der Waals surface area contributed by atoms with E-state index in [1.807, 2.05) is 6.08 Å². The van der Waals surface area contributed by atoms with Crippen LogP contribution in [-0.4, -0.2) is 11.3 Å². The molecule has 0 spiro atoms. The molecule has 0 aromatic carbocycles. The summed E-state index contributed by atoms with van der Waals surface area (Å²) in [5, 5.41) is 8.67. The van der Waals surface area contributed by atoms with Crippen LogP contribution in [0.3, 0.4) is 0 Å². The lowest BCUT2D eigenvalue weighted by molar-refractivity contribution is 0.168. The molecule has 0 aromatic rings. The van der Waals surface area contributed by atoms with Crippen molar-refractivity contribution < 1.29 is 5.11 Å². The van der Waals surface area contributed by atoms with Crippen molar-refractivity contribution in [3.05, 3.63) is 12.7 Å². The summed E-state index contributed by atoms with van der Waals surface area (Å²) in [4.78, 5) is 0. The van der Waals surface area contributed by atoms with Crippen LogP contribution in [0, 0.1) is 0 Å². The van der Waals surface area contributed by atoms with Gasteiger partial charge in [0.2, 0.25) is 0 Å². The fourth-order valence-corrected chi connectivity index (χ4v) is 0.819. The summed E-state index contributed by atoms with van der Waals surface area (Å²) in [5.41, 5.74) is 5.14. The van der Waals surface area contributed by atoms with E-state index in [0.717, 1.165) is 32.1 Å². The zero-order chi connectivity index (χ0) is 7.82. The van der Waals surface area contributed by atoms with Gasteiger partial charge in [-0.15, -0.1) is 6.58 Å². The van der Waals surface area contributed by atoms with E-state index in [4.69, 9.17) is 10.8 Å². The second kappa shape index (κ2) is 6.78. The zero-order valence-corrected chi connectivity index (χ0v) is 6.42. The van der Waals surface area contributed by atoms with E-state index in [0.29, 0.717) is 0 Å². The van der Waals surface area contributed by atoms with E-state index in [2.05, 4.69) is 6.58 Å². The molecule has 1 unspecified atom stereocenters. The predicted molar refractivity (Wildman–Crippen MR) is 43.5 cm³/mol. The van der Waals surface area contributed by atoms with Gasteiger partial charge in [-0.05, 0) is 25.7 Å². The van der Waals surface area contributed by atoms with E-state index in [1.165, 1.54) is 0 Å². The highest BCUT2D eigenvalue weighted by atomic mass is 16.3. The Hall–Kier alpha value is -0.340. The first-order valence-electron chi connectivity index (χ1n) is 3.82. The van der Waals surface area contributed by atoms with Crippen LogP contribution in [0.1, 0.15) is 32.1 Å². The Morgan fingerprint density at radius 1 is 1.40 bits per heavy atom. The maximum Gasteiger partial charge on any atom is 0.102 e. The van der Waals surface area contributed by atoms with Gasteiger partial charge in [0.05, 0.1) is 0 Å². The third-order valence-electron chi connectivity index (χ3n) is 1.41. The third kappa shape index (κ3) is 7.66. The number of aliphatic hydroxyl groups excluding tert-OH is 1. The van der Waals surface area contributed by atoms with Crippen molar-refractivity contribution in [3.63, 3.8) is 0 Å². The Balaban J connectivity index is 2.83. The topological polar surface area (TPSA) is 46.2 Å². The molecular formula is C8H17NO. The molecule has 1 atom stereocenters. The molecule has 3 N–H and O–H groups in total. The molecule has 0 heterocycles. The summed E-state index contributed by atoms with van der Waals surface area (Å²) in [7, 11) is 0. The highest BCUT2D eigenvalue weighted by Crippen LogP contribution is 2.03. The van der Waals surface area contributed by atoms with Gasteiger partial charge in [0.15, 0.2) is 0 Å². The normalized spacial score (nSPS) is 13.0. The SMILES string of the molecule is C=CCCCCCC(N)O. The fourth-order valence-electron chi connectivity index (χ4n) is 0.819. The van der Waals surface area contributed by atoms with Crippen molar-refractivity contribution in [1.29, 1.82) is 0 Å². The minimum Gasteiger partial charge on any atom is -0.379 e. The Labute approximate surface area is 62.7 Å². The summed E-state index contributed by atoms with van der Waals surface area (Å²) in [6.07, 6.45) is 6.40. The average Bonchev–Trinajstić information content (AvgIpc) is 1.87. The zero-order valence-electron chi connectivity index (χ0n) is 6.42.